The van der Waals surface area contributed by atoms with E-state index in [1.54, 1.807) is 25.4 Å². The summed E-state index contributed by atoms with van der Waals surface area (Å²) in [5, 5.41) is 0. The zero-order valence-corrected chi connectivity index (χ0v) is 6.61. The molecule has 0 unspecified atom stereocenters. The Hall–Kier alpha value is -1.38. The fourth-order valence-electron chi connectivity index (χ4n) is 0.883. The number of pyridine rings is 1. The lowest BCUT2D eigenvalue weighted by atomic mass is 10.4. The molecule has 0 saturated carbocycles. The van der Waals surface area contributed by atoms with E-state index in [9.17, 15) is 4.79 Å². The lowest BCUT2D eigenvalue weighted by Gasteiger charge is -1.99. The minimum Gasteiger partial charge on any atom is -0.274 e. The van der Waals surface area contributed by atoms with E-state index in [1.807, 2.05) is 6.07 Å². The number of rotatable bonds is 0. The highest BCUT2D eigenvalue weighted by molar-refractivity contribution is 5.75. The van der Waals surface area contributed by atoms with Gasteiger partial charge in [-0.05, 0) is 12.1 Å². The van der Waals surface area contributed by atoms with Crippen molar-refractivity contribution in [2.75, 3.05) is 7.05 Å². The molecule has 0 fully saturated rings. The topological polar surface area (TPSA) is 34.4 Å². The SMILES string of the molecule is CN=c1ccccn1C(C)=O. The second-order valence-electron chi connectivity index (χ2n) is 2.17. The van der Waals surface area contributed by atoms with Gasteiger partial charge in [0, 0.05) is 20.2 Å². The maximum atomic E-state index is 10.9. The largest absolute Gasteiger partial charge is 0.274 e. The van der Waals surface area contributed by atoms with E-state index in [4.69, 9.17) is 0 Å². The lowest BCUT2D eigenvalue weighted by Crippen LogP contribution is -2.23. The van der Waals surface area contributed by atoms with Gasteiger partial charge in [0.05, 0.1) is 0 Å². The Bertz CT molecular complexity index is 325. The molecular formula is C8H10N2O. The van der Waals surface area contributed by atoms with Crippen LogP contribution >= 0.6 is 0 Å². The van der Waals surface area contributed by atoms with Crippen molar-refractivity contribution >= 4 is 5.91 Å². The molecule has 0 N–H and O–H groups in total. The molecule has 58 valence electrons. The molecule has 1 rings (SSSR count). The van der Waals surface area contributed by atoms with Crippen LogP contribution in [0.2, 0.25) is 0 Å². The van der Waals surface area contributed by atoms with Crippen molar-refractivity contribution in [1.29, 1.82) is 0 Å². The van der Waals surface area contributed by atoms with E-state index in [0.717, 1.165) is 0 Å². The van der Waals surface area contributed by atoms with Gasteiger partial charge < -0.3 is 0 Å². The van der Waals surface area contributed by atoms with Gasteiger partial charge in [-0.25, -0.2) is 0 Å². The third kappa shape index (κ3) is 1.55. The molecule has 3 heteroatoms. The second-order valence-corrected chi connectivity index (χ2v) is 2.17. The molecule has 1 aromatic heterocycles. The summed E-state index contributed by atoms with van der Waals surface area (Å²) in [6.45, 7) is 1.51. The molecule has 0 aliphatic heterocycles. The van der Waals surface area contributed by atoms with Crippen LogP contribution in [0.5, 0.6) is 0 Å². The van der Waals surface area contributed by atoms with Crippen molar-refractivity contribution in [1.82, 2.24) is 4.57 Å². The highest BCUT2D eigenvalue weighted by Crippen LogP contribution is 1.80. The van der Waals surface area contributed by atoms with Crippen molar-refractivity contribution in [3.63, 3.8) is 0 Å². The Balaban J connectivity index is 3.36. The molecule has 0 spiro atoms. The number of carbonyl (C=O) groups excluding carboxylic acids is 1. The molecular weight excluding hydrogens is 140 g/mol. The van der Waals surface area contributed by atoms with E-state index in [0.29, 0.717) is 5.49 Å². The summed E-state index contributed by atoms with van der Waals surface area (Å²) >= 11 is 0. The van der Waals surface area contributed by atoms with Crippen molar-refractivity contribution in [3.8, 4) is 0 Å². The van der Waals surface area contributed by atoms with Crippen LogP contribution in [0, 0.1) is 0 Å². The third-order valence-corrected chi connectivity index (χ3v) is 1.41. The fraction of sp³-hybridized carbons (Fsp3) is 0.250. The summed E-state index contributed by atoms with van der Waals surface area (Å²) in [4.78, 5) is 14.9. The predicted octanol–water partition coefficient (Wildman–Crippen LogP) is 0.679. The van der Waals surface area contributed by atoms with E-state index < -0.39 is 0 Å². The quantitative estimate of drug-likeness (QED) is 0.535. The van der Waals surface area contributed by atoms with Crippen LogP contribution in [0.15, 0.2) is 29.4 Å². The molecule has 0 aliphatic carbocycles. The monoisotopic (exact) mass is 150 g/mol. The molecule has 0 radical (unpaired) electrons. The van der Waals surface area contributed by atoms with Gasteiger partial charge in [-0.15, -0.1) is 0 Å². The maximum Gasteiger partial charge on any atom is 0.229 e. The average molecular weight is 150 g/mol. The first-order chi connectivity index (χ1) is 5.25. The van der Waals surface area contributed by atoms with Crippen LogP contribution in [-0.2, 0) is 0 Å². The summed E-state index contributed by atoms with van der Waals surface area (Å²) < 4.78 is 1.50. The normalized spacial score (nSPS) is 11.6. The minimum absolute atomic E-state index is 0.0220. The zero-order valence-electron chi connectivity index (χ0n) is 6.61. The standard InChI is InChI=1S/C8H10N2O/c1-7(11)10-6-4-3-5-8(10)9-2/h3-6H,1-2H3. The van der Waals surface area contributed by atoms with Crippen molar-refractivity contribution in [2.45, 2.75) is 6.92 Å². The molecule has 1 heterocycles. The Kier molecular flexibility index (Phi) is 2.21. The summed E-state index contributed by atoms with van der Waals surface area (Å²) in [7, 11) is 1.66. The van der Waals surface area contributed by atoms with Gasteiger partial charge in [0.25, 0.3) is 0 Å². The lowest BCUT2D eigenvalue weighted by molar-refractivity contribution is 0.0931. The van der Waals surface area contributed by atoms with Gasteiger partial charge in [0.1, 0.15) is 5.49 Å². The molecule has 0 amide bonds. The summed E-state index contributed by atoms with van der Waals surface area (Å²) in [5.41, 5.74) is 0.681. The smallest absolute Gasteiger partial charge is 0.229 e. The number of aromatic nitrogens is 1. The Morgan fingerprint density at radius 2 is 2.27 bits per heavy atom. The highest BCUT2D eigenvalue weighted by atomic mass is 16.1. The number of nitrogens with zero attached hydrogens (tertiary/aromatic N) is 2. The number of hydrogen-bond donors (Lipinski definition) is 0. The van der Waals surface area contributed by atoms with Crippen LogP contribution in [-0.4, -0.2) is 17.5 Å². The van der Waals surface area contributed by atoms with Crippen LogP contribution < -0.4 is 5.49 Å². The molecule has 0 aliphatic rings. The van der Waals surface area contributed by atoms with E-state index in [1.165, 1.54) is 11.5 Å². The first-order valence-electron chi connectivity index (χ1n) is 3.37. The number of hydrogen-bond acceptors (Lipinski definition) is 2. The summed E-state index contributed by atoms with van der Waals surface area (Å²) in [5.74, 6) is -0.0220. The third-order valence-electron chi connectivity index (χ3n) is 1.41. The van der Waals surface area contributed by atoms with E-state index >= 15 is 0 Å². The van der Waals surface area contributed by atoms with Crippen LogP contribution in [0.3, 0.4) is 0 Å². The maximum absolute atomic E-state index is 10.9. The summed E-state index contributed by atoms with van der Waals surface area (Å²) in [6, 6.07) is 5.44. The van der Waals surface area contributed by atoms with Crippen LogP contribution in [0.25, 0.3) is 0 Å². The minimum atomic E-state index is -0.0220. The Morgan fingerprint density at radius 3 is 2.73 bits per heavy atom. The van der Waals surface area contributed by atoms with Crippen molar-refractivity contribution < 1.29 is 4.79 Å². The Labute approximate surface area is 65.0 Å². The van der Waals surface area contributed by atoms with Gasteiger partial charge >= 0.3 is 0 Å². The molecule has 1 aromatic rings. The van der Waals surface area contributed by atoms with Crippen molar-refractivity contribution in [2.24, 2.45) is 4.99 Å². The van der Waals surface area contributed by atoms with Crippen LogP contribution in [0.1, 0.15) is 11.7 Å². The fourth-order valence-corrected chi connectivity index (χ4v) is 0.883. The van der Waals surface area contributed by atoms with E-state index in [2.05, 4.69) is 4.99 Å². The first-order valence-corrected chi connectivity index (χ1v) is 3.37. The zero-order chi connectivity index (χ0) is 8.27. The highest BCUT2D eigenvalue weighted by Gasteiger charge is 1.94. The Morgan fingerprint density at radius 1 is 1.55 bits per heavy atom. The first kappa shape index (κ1) is 7.72. The molecule has 3 nitrogen and oxygen atoms in total. The average Bonchev–Trinajstić information content (AvgIpc) is 2.04. The van der Waals surface area contributed by atoms with Gasteiger partial charge in [-0.3, -0.25) is 14.4 Å². The molecule has 0 bridgehead atoms. The predicted molar refractivity (Wildman–Crippen MR) is 42.2 cm³/mol. The van der Waals surface area contributed by atoms with Gasteiger partial charge in [0.15, 0.2) is 0 Å². The number of carbonyl (C=O) groups is 1. The molecule has 11 heavy (non-hydrogen) atoms. The summed E-state index contributed by atoms with van der Waals surface area (Å²) in [6.07, 6.45) is 1.70. The molecule has 0 atom stereocenters. The molecule has 0 aromatic carbocycles. The van der Waals surface area contributed by atoms with E-state index in [-0.39, 0.29) is 5.91 Å². The molecule has 0 saturated heterocycles. The second kappa shape index (κ2) is 3.14. The van der Waals surface area contributed by atoms with Crippen molar-refractivity contribution in [3.05, 3.63) is 29.9 Å². The van der Waals surface area contributed by atoms with Gasteiger partial charge in [-0.1, -0.05) is 6.07 Å². The van der Waals surface area contributed by atoms with Crippen LogP contribution in [0.4, 0.5) is 0 Å². The van der Waals surface area contributed by atoms with Gasteiger partial charge in [-0.2, -0.15) is 0 Å². The van der Waals surface area contributed by atoms with Gasteiger partial charge in [0.2, 0.25) is 5.91 Å².